The maximum Gasteiger partial charge on any atom is 0.171 e. The molecule has 0 heterocycles. The third-order valence-electron chi connectivity index (χ3n) is 1.63. The Kier molecular flexibility index (Phi) is 4.90. The standard InChI is InChI=1S/C9H16O2S/c1-4-5-6-7-8-9(2)12(3,10)11/h4,8H,1,5-7H2,2-3H3/b9-8-. The molecule has 0 unspecified atom stereocenters. The molecule has 3 heteroatoms. The Morgan fingerprint density at radius 3 is 2.42 bits per heavy atom. The largest absolute Gasteiger partial charge is 0.224 e. The maximum absolute atomic E-state index is 10.9. The first-order valence-corrected chi connectivity index (χ1v) is 5.85. The molecule has 0 rings (SSSR count). The second kappa shape index (κ2) is 5.14. The Labute approximate surface area is 74.9 Å². The molecule has 0 spiro atoms. The van der Waals surface area contributed by atoms with Gasteiger partial charge in [0.1, 0.15) is 0 Å². The summed E-state index contributed by atoms with van der Waals surface area (Å²) in [6.45, 7) is 5.22. The summed E-state index contributed by atoms with van der Waals surface area (Å²) in [6, 6.07) is 0. The molecule has 70 valence electrons. The summed E-state index contributed by atoms with van der Waals surface area (Å²) in [5.41, 5.74) is 0. The highest BCUT2D eigenvalue weighted by Gasteiger charge is 2.02. The lowest BCUT2D eigenvalue weighted by molar-refractivity contribution is 0.607. The summed E-state index contributed by atoms with van der Waals surface area (Å²) in [4.78, 5) is 0.464. The second-order valence-electron chi connectivity index (χ2n) is 2.81. The van der Waals surface area contributed by atoms with Crippen molar-refractivity contribution < 1.29 is 8.42 Å². The number of hydrogen-bond acceptors (Lipinski definition) is 2. The predicted molar refractivity (Wildman–Crippen MR) is 52.6 cm³/mol. The lowest BCUT2D eigenvalue weighted by Gasteiger charge is -1.96. The molecule has 0 saturated carbocycles. The van der Waals surface area contributed by atoms with Crippen molar-refractivity contribution in [3.05, 3.63) is 23.6 Å². The molecule has 0 aliphatic heterocycles. The van der Waals surface area contributed by atoms with Crippen LogP contribution in [0.2, 0.25) is 0 Å². The molecular weight excluding hydrogens is 172 g/mol. The van der Waals surface area contributed by atoms with Crippen LogP contribution in [0, 0.1) is 0 Å². The third-order valence-corrected chi connectivity index (χ3v) is 2.97. The summed E-state index contributed by atoms with van der Waals surface area (Å²) in [5.74, 6) is 0. The first kappa shape index (κ1) is 11.4. The molecule has 0 aliphatic carbocycles. The van der Waals surface area contributed by atoms with Crippen LogP contribution in [0.1, 0.15) is 26.2 Å². The Hall–Kier alpha value is -0.570. The fraction of sp³-hybridized carbons (Fsp3) is 0.556. The lowest BCUT2D eigenvalue weighted by atomic mass is 10.2. The molecule has 0 aromatic carbocycles. The SMILES string of the molecule is C=CCCC/C=C(/C)S(C)(=O)=O. The highest BCUT2D eigenvalue weighted by molar-refractivity contribution is 7.94. The predicted octanol–water partition coefficient (Wildman–Crippen LogP) is 2.29. The van der Waals surface area contributed by atoms with E-state index in [2.05, 4.69) is 6.58 Å². The molecule has 12 heavy (non-hydrogen) atoms. The number of allylic oxidation sites excluding steroid dienone is 3. The number of rotatable bonds is 5. The van der Waals surface area contributed by atoms with E-state index in [9.17, 15) is 8.42 Å². The van der Waals surface area contributed by atoms with E-state index in [0.717, 1.165) is 19.3 Å². The molecule has 0 bridgehead atoms. The molecule has 2 nitrogen and oxygen atoms in total. The van der Waals surface area contributed by atoms with Gasteiger partial charge in [-0.1, -0.05) is 12.2 Å². The Balaban J connectivity index is 3.94. The van der Waals surface area contributed by atoms with Crippen molar-refractivity contribution in [2.75, 3.05) is 6.26 Å². The Bertz CT molecular complexity index is 260. The molecule has 0 aliphatic rings. The molecule has 0 atom stereocenters. The van der Waals surface area contributed by atoms with E-state index in [1.807, 2.05) is 6.08 Å². The van der Waals surface area contributed by atoms with Gasteiger partial charge in [0.05, 0.1) is 0 Å². The van der Waals surface area contributed by atoms with Crippen molar-refractivity contribution in [2.24, 2.45) is 0 Å². The van der Waals surface area contributed by atoms with Crippen molar-refractivity contribution in [1.82, 2.24) is 0 Å². The highest BCUT2D eigenvalue weighted by atomic mass is 32.2. The van der Waals surface area contributed by atoms with Gasteiger partial charge in [-0.3, -0.25) is 0 Å². The van der Waals surface area contributed by atoms with E-state index in [-0.39, 0.29) is 0 Å². The average Bonchev–Trinajstić information content (AvgIpc) is 1.96. The van der Waals surface area contributed by atoms with Crippen LogP contribution in [0.3, 0.4) is 0 Å². The molecule has 0 fully saturated rings. The van der Waals surface area contributed by atoms with Crippen molar-refractivity contribution in [1.29, 1.82) is 0 Å². The minimum Gasteiger partial charge on any atom is -0.224 e. The third kappa shape index (κ3) is 5.13. The van der Waals surface area contributed by atoms with Gasteiger partial charge >= 0.3 is 0 Å². The van der Waals surface area contributed by atoms with Gasteiger partial charge in [0, 0.05) is 11.2 Å². The zero-order valence-electron chi connectivity index (χ0n) is 7.71. The van der Waals surface area contributed by atoms with Crippen LogP contribution in [-0.2, 0) is 9.84 Å². The fourth-order valence-corrected chi connectivity index (χ4v) is 1.14. The summed E-state index contributed by atoms with van der Waals surface area (Å²) in [7, 11) is -2.95. The molecule has 0 radical (unpaired) electrons. The van der Waals surface area contributed by atoms with Crippen molar-refractivity contribution >= 4 is 9.84 Å². The Morgan fingerprint density at radius 2 is 2.00 bits per heavy atom. The van der Waals surface area contributed by atoms with E-state index in [0.29, 0.717) is 4.91 Å². The first-order valence-electron chi connectivity index (χ1n) is 3.96. The summed E-state index contributed by atoms with van der Waals surface area (Å²) < 4.78 is 21.8. The van der Waals surface area contributed by atoms with Gasteiger partial charge in [0.15, 0.2) is 9.84 Å². The summed E-state index contributed by atoms with van der Waals surface area (Å²) >= 11 is 0. The summed E-state index contributed by atoms with van der Waals surface area (Å²) in [6.07, 6.45) is 7.55. The minimum absolute atomic E-state index is 0.464. The van der Waals surface area contributed by atoms with Gasteiger partial charge in [-0.25, -0.2) is 8.42 Å². The zero-order chi connectivity index (χ0) is 9.61. The van der Waals surface area contributed by atoms with Crippen LogP contribution in [0.5, 0.6) is 0 Å². The van der Waals surface area contributed by atoms with Gasteiger partial charge in [-0.05, 0) is 26.2 Å². The van der Waals surface area contributed by atoms with Crippen LogP contribution in [0.4, 0.5) is 0 Å². The highest BCUT2D eigenvalue weighted by Crippen LogP contribution is 2.06. The van der Waals surface area contributed by atoms with Gasteiger partial charge in [-0.15, -0.1) is 6.58 Å². The molecule has 0 aromatic heterocycles. The van der Waals surface area contributed by atoms with Gasteiger partial charge in [0.25, 0.3) is 0 Å². The van der Waals surface area contributed by atoms with Gasteiger partial charge in [0.2, 0.25) is 0 Å². The monoisotopic (exact) mass is 188 g/mol. The molecule has 0 N–H and O–H groups in total. The number of hydrogen-bond donors (Lipinski definition) is 0. The number of unbranched alkanes of at least 4 members (excludes halogenated alkanes) is 2. The summed E-state index contributed by atoms with van der Waals surface area (Å²) in [5, 5.41) is 0. The topological polar surface area (TPSA) is 34.1 Å². The second-order valence-corrected chi connectivity index (χ2v) is 4.99. The van der Waals surface area contributed by atoms with Gasteiger partial charge < -0.3 is 0 Å². The van der Waals surface area contributed by atoms with Crippen LogP contribution in [-0.4, -0.2) is 14.7 Å². The fourth-order valence-electron chi connectivity index (χ4n) is 0.719. The quantitative estimate of drug-likeness (QED) is 0.490. The maximum atomic E-state index is 10.9. The molecular formula is C9H16O2S. The van der Waals surface area contributed by atoms with Crippen molar-refractivity contribution in [2.45, 2.75) is 26.2 Å². The van der Waals surface area contributed by atoms with Crippen LogP contribution in [0.25, 0.3) is 0 Å². The van der Waals surface area contributed by atoms with Crippen LogP contribution in [0.15, 0.2) is 23.6 Å². The molecule has 0 saturated heterocycles. The van der Waals surface area contributed by atoms with Crippen molar-refractivity contribution in [3.8, 4) is 0 Å². The normalized spacial score (nSPS) is 13.0. The molecule has 0 aromatic rings. The smallest absolute Gasteiger partial charge is 0.171 e. The Morgan fingerprint density at radius 1 is 1.42 bits per heavy atom. The van der Waals surface area contributed by atoms with Gasteiger partial charge in [-0.2, -0.15) is 0 Å². The van der Waals surface area contributed by atoms with E-state index >= 15 is 0 Å². The van der Waals surface area contributed by atoms with Crippen LogP contribution < -0.4 is 0 Å². The molecule has 0 amide bonds. The van der Waals surface area contributed by atoms with E-state index < -0.39 is 9.84 Å². The van der Waals surface area contributed by atoms with E-state index in [1.165, 1.54) is 6.26 Å². The average molecular weight is 188 g/mol. The van der Waals surface area contributed by atoms with E-state index in [4.69, 9.17) is 0 Å². The van der Waals surface area contributed by atoms with Crippen LogP contribution >= 0.6 is 0 Å². The minimum atomic E-state index is -2.95. The van der Waals surface area contributed by atoms with Crippen molar-refractivity contribution in [3.63, 3.8) is 0 Å². The number of sulfone groups is 1. The van der Waals surface area contributed by atoms with E-state index in [1.54, 1.807) is 13.0 Å². The first-order chi connectivity index (χ1) is 5.48. The lowest BCUT2D eigenvalue weighted by Crippen LogP contribution is -1.96. The zero-order valence-corrected chi connectivity index (χ0v) is 8.52.